The van der Waals surface area contributed by atoms with Gasteiger partial charge in [0, 0.05) is 24.1 Å². The molecule has 1 aliphatic heterocycles. The van der Waals surface area contributed by atoms with Crippen molar-refractivity contribution >= 4 is 29.9 Å². The van der Waals surface area contributed by atoms with Gasteiger partial charge in [0.05, 0.1) is 25.5 Å². The van der Waals surface area contributed by atoms with Gasteiger partial charge in [-0.25, -0.2) is 0 Å². The molecular weight excluding hydrogens is 370 g/mol. The monoisotopic (exact) mass is 399 g/mol. The number of anilines is 1. The lowest BCUT2D eigenvalue weighted by molar-refractivity contribution is -0.123. The van der Waals surface area contributed by atoms with Crippen LogP contribution in [0.15, 0.2) is 12.1 Å². The highest BCUT2D eigenvalue weighted by molar-refractivity contribution is 6.05. The maximum Gasteiger partial charge on any atom is 0.253 e. The quantitative estimate of drug-likeness (QED) is 0.708. The van der Waals surface area contributed by atoms with E-state index in [4.69, 9.17) is 9.47 Å². The van der Waals surface area contributed by atoms with E-state index in [1.54, 1.807) is 12.1 Å². The minimum atomic E-state index is -0.589. The first kappa shape index (κ1) is 23.0. The van der Waals surface area contributed by atoms with Gasteiger partial charge >= 0.3 is 0 Å². The first-order chi connectivity index (χ1) is 12.3. The van der Waals surface area contributed by atoms with Gasteiger partial charge in [0.25, 0.3) is 5.91 Å². The molecule has 1 aliphatic rings. The molecule has 1 heterocycles. The molecule has 0 aromatic heterocycles. The molecule has 1 unspecified atom stereocenters. The summed E-state index contributed by atoms with van der Waals surface area (Å²) in [7, 11) is 3.03. The third kappa shape index (κ3) is 6.01. The summed E-state index contributed by atoms with van der Waals surface area (Å²) >= 11 is 0. The molecule has 0 saturated carbocycles. The molecule has 0 aliphatic carbocycles. The fraction of sp³-hybridized carbons (Fsp3) is 0.579. The van der Waals surface area contributed by atoms with Crippen LogP contribution in [0.5, 0.6) is 11.5 Å². The minimum Gasteiger partial charge on any atom is -0.493 e. The number of benzene rings is 1. The number of nitrogens with one attached hydrogen (secondary N) is 3. The third-order valence-electron chi connectivity index (χ3n) is 4.33. The fourth-order valence-corrected chi connectivity index (χ4v) is 2.72. The Kier molecular flexibility index (Phi) is 8.37. The molecular formula is C19H30ClN3O4. The second-order valence-corrected chi connectivity index (χ2v) is 7.47. The van der Waals surface area contributed by atoms with Crippen molar-refractivity contribution in [1.82, 2.24) is 10.6 Å². The highest BCUT2D eigenvalue weighted by Crippen LogP contribution is 2.34. The summed E-state index contributed by atoms with van der Waals surface area (Å²) in [6.45, 7) is 7.15. The average molecular weight is 400 g/mol. The number of carbonyl (C=O) groups excluding carboxylic acids is 2. The van der Waals surface area contributed by atoms with Gasteiger partial charge in [-0.1, -0.05) is 20.8 Å². The Balaban J connectivity index is 0.00000364. The molecule has 1 fully saturated rings. The first-order valence-corrected chi connectivity index (χ1v) is 8.85. The maximum atomic E-state index is 12.8. The van der Waals surface area contributed by atoms with E-state index in [9.17, 15) is 9.59 Å². The normalized spacial score (nSPS) is 16.7. The standard InChI is InChI=1S/C19H29N3O4.ClH/c1-19(2,3)18(24)22-14-10-16(26-5)15(25-4)9-13(14)17(23)21-12-7-6-8-20-11-12;/h9-10,12,20H,6-8,11H2,1-5H3,(H,21,23)(H,22,24);1H. The van der Waals surface area contributed by atoms with Crippen molar-refractivity contribution in [1.29, 1.82) is 0 Å². The van der Waals surface area contributed by atoms with Gasteiger partial charge in [0.2, 0.25) is 5.91 Å². The maximum absolute atomic E-state index is 12.8. The van der Waals surface area contributed by atoms with Crippen LogP contribution in [0, 0.1) is 5.41 Å². The van der Waals surface area contributed by atoms with Crippen LogP contribution in [0.1, 0.15) is 44.0 Å². The van der Waals surface area contributed by atoms with Crippen LogP contribution in [0.3, 0.4) is 0 Å². The van der Waals surface area contributed by atoms with Crippen LogP contribution < -0.4 is 25.4 Å². The summed E-state index contributed by atoms with van der Waals surface area (Å²) in [5.41, 5.74) is 0.170. The van der Waals surface area contributed by atoms with Crippen molar-refractivity contribution in [3.05, 3.63) is 17.7 Å². The van der Waals surface area contributed by atoms with Crippen LogP contribution >= 0.6 is 12.4 Å². The molecule has 1 atom stereocenters. The van der Waals surface area contributed by atoms with Crippen LogP contribution in [-0.4, -0.2) is 45.2 Å². The van der Waals surface area contributed by atoms with E-state index >= 15 is 0 Å². The van der Waals surface area contributed by atoms with E-state index in [2.05, 4.69) is 16.0 Å². The Morgan fingerprint density at radius 3 is 2.30 bits per heavy atom. The second-order valence-electron chi connectivity index (χ2n) is 7.47. The number of amides is 2. The molecule has 8 heteroatoms. The molecule has 2 rings (SSSR count). The fourth-order valence-electron chi connectivity index (χ4n) is 2.72. The van der Waals surface area contributed by atoms with Crippen LogP contribution in [0.2, 0.25) is 0 Å². The Morgan fingerprint density at radius 1 is 1.15 bits per heavy atom. The van der Waals surface area contributed by atoms with E-state index < -0.39 is 5.41 Å². The predicted molar refractivity (Wildman–Crippen MR) is 108 cm³/mol. The van der Waals surface area contributed by atoms with Crippen molar-refractivity contribution in [3.8, 4) is 11.5 Å². The Morgan fingerprint density at radius 2 is 1.78 bits per heavy atom. The number of methoxy groups -OCH3 is 2. The Hall–Kier alpha value is -1.99. The zero-order valence-corrected chi connectivity index (χ0v) is 17.4. The minimum absolute atomic E-state index is 0. The van der Waals surface area contributed by atoms with Gasteiger partial charge in [-0.3, -0.25) is 9.59 Å². The van der Waals surface area contributed by atoms with E-state index in [-0.39, 0.29) is 30.3 Å². The van der Waals surface area contributed by atoms with Gasteiger partial charge in [-0.2, -0.15) is 0 Å². The van der Waals surface area contributed by atoms with Crippen molar-refractivity contribution in [2.75, 3.05) is 32.6 Å². The number of piperidine rings is 1. The third-order valence-corrected chi connectivity index (χ3v) is 4.33. The molecule has 3 N–H and O–H groups in total. The zero-order chi connectivity index (χ0) is 19.3. The van der Waals surface area contributed by atoms with E-state index in [1.807, 2.05) is 20.8 Å². The van der Waals surface area contributed by atoms with Crippen LogP contribution in [0.25, 0.3) is 0 Å². The van der Waals surface area contributed by atoms with Crippen molar-refractivity contribution in [2.45, 2.75) is 39.7 Å². The molecule has 1 aromatic carbocycles. The number of hydrogen-bond acceptors (Lipinski definition) is 5. The Bertz CT molecular complexity index is 668. The molecule has 1 saturated heterocycles. The second kappa shape index (κ2) is 9.80. The topological polar surface area (TPSA) is 88.7 Å². The van der Waals surface area contributed by atoms with Gasteiger partial charge in [-0.05, 0) is 25.5 Å². The zero-order valence-electron chi connectivity index (χ0n) is 16.6. The summed E-state index contributed by atoms with van der Waals surface area (Å²) in [6.07, 6.45) is 1.94. The van der Waals surface area contributed by atoms with Crippen molar-refractivity contribution in [3.63, 3.8) is 0 Å². The lowest BCUT2D eigenvalue weighted by Gasteiger charge is -2.25. The largest absolute Gasteiger partial charge is 0.493 e. The molecule has 0 radical (unpaired) electrons. The van der Waals surface area contributed by atoms with Gasteiger partial charge < -0.3 is 25.4 Å². The molecule has 1 aromatic rings. The van der Waals surface area contributed by atoms with Gasteiger partial charge in [0.15, 0.2) is 11.5 Å². The number of carbonyl (C=O) groups is 2. The summed E-state index contributed by atoms with van der Waals surface area (Å²) in [6, 6.07) is 3.29. The summed E-state index contributed by atoms with van der Waals surface area (Å²) in [4.78, 5) is 25.3. The summed E-state index contributed by atoms with van der Waals surface area (Å²) in [5.74, 6) is 0.461. The summed E-state index contributed by atoms with van der Waals surface area (Å²) in [5, 5.41) is 9.14. The smallest absolute Gasteiger partial charge is 0.253 e. The van der Waals surface area contributed by atoms with Crippen LogP contribution in [0.4, 0.5) is 5.69 Å². The average Bonchev–Trinajstić information content (AvgIpc) is 2.61. The van der Waals surface area contributed by atoms with Crippen molar-refractivity contribution in [2.24, 2.45) is 5.41 Å². The molecule has 0 spiro atoms. The lowest BCUT2D eigenvalue weighted by Crippen LogP contribution is -2.45. The van der Waals surface area contributed by atoms with E-state index in [0.29, 0.717) is 22.7 Å². The van der Waals surface area contributed by atoms with Crippen LogP contribution in [-0.2, 0) is 4.79 Å². The summed E-state index contributed by atoms with van der Waals surface area (Å²) < 4.78 is 10.6. The molecule has 2 amide bonds. The highest BCUT2D eigenvalue weighted by atomic mass is 35.5. The molecule has 152 valence electrons. The highest BCUT2D eigenvalue weighted by Gasteiger charge is 2.26. The lowest BCUT2D eigenvalue weighted by atomic mass is 9.95. The number of ether oxygens (including phenoxy) is 2. The molecule has 0 bridgehead atoms. The number of halogens is 1. The molecule has 7 nitrogen and oxygen atoms in total. The van der Waals surface area contributed by atoms with Gasteiger partial charge in [-0.15, -0.1) is 12.4 Å². The van der Waals surface area contributed by atoms with Gasteiger partial charge in [0.1, 0.15) is 0 Å². The predicted octanol–water partition coefficient (Wildman–Crippen LogP) is 2.59. The molecule has 27 heavy (non-hydrogen) atoms. The Labute approximate surface area is 167 Å². The van der Waals surface area contributed by atoms with E-state index in [1.165, 1.54) is 14.2 Å². The van der Waals surface area contributed by atoms with E-state index in [0.717, 1.165) is 25.9 Å². The number of hydrogen-bond donors (Lipinski definition) is 3. The van der Waals surface area contributed by atoms with Crippen molar-refractivity contribution < 1.29 is 19.1 Å². The first-order valence-electron chi connectivity index (χ1n) is 8.85. The number of rotatable bonds is 5. The SMILES string of the molecule is COc1cc(NC(=O)C(C)(C)C)c(C(=O)NC2CCCNC2)cc1OC.Cl.